The van der Waals surface area contributed by atoms with Gasteiger partial charge in [0.15, 0.2) is 5.60 Å². The lowest BCUT2D eigenvalue weighted by Crippen LogP contribution is -2.43. The highest BCUT2D eigenvalue weighted by Crippen LogP contribution is 2.24. The number of carboxylic acid groups (broad SMARTS) is 3. The second kappa shape index (κ2) is 12.8. The highest BCUT2D eigenvalue weighted by molar-refractivity contribution is 5.89. The van der Waals surface area contributed by atoms with E-state index in [4.69, 9.17) is 25.2 Å². The molecule has 1 saturated heterocycles. The molecule has 1 aromatic rings. The predicted octanol–water partition coefficient (Wildman–Crippen LogP) is 1.72. The molecule has 2 rings (SSSR count). The molecular formula is C22H31NO9. The number of hydrogen-bond acceptors (Lipinski definition) is 7. The summed E-state index contributed by atoms with van der Waals surface area (Å²) >= 11 is 0. The van der Waals surface area contributed by atoms with Crippen LogP contribution in [0.3, 0.4) is 0 Å². The monoisotopic (exact) mass is 453 g/mol. The summed E-state index contributed by atoms with van der Waals surface area (Å²) in [6.07, 6.45) is 0.988. The Labute approximate surface area is 186 Å². The Kier molecular flexibility index (Phi) is 10.8. The fourth-order valence-corrected chi connectivity index (χ4v) is 3.49. The van der Waals surface area contributed by atoms with Gasteiger partial charge < -0.3 is 30.1 Å². The Balaban J connectivity index is 0.000000347. The van der Waals surface area contributed by atoms with E-state index in [0.717, 1.165) is 32.4 Å². The van der Waals surface area contributed by atoms with Gasteiger partial charge in [-0.1, -0.05) is 31.5 Å². The van der Waals surface area contributed by atoms with Gasteiger partial charge in [0.05, 0.1) is 18.4 Å². The van der Waals surface area contributed by atoms with Crippen molar-refractivity contribution in [2.45, 2.75) is 50.7 Å². The van der Waals surface area contributed by atoms with Gasteiger partial charge in [-0.3, -0.25) is 9.59 Å². The van der Waals surface area contributed by atoms with Crippen molar-refractivity contribution < 1.29 is 44.3 Å². The number of carbonyl (C=O) groups is 4. The van der Waals surface area contributed by atoms with Gasteiger partial charge in [0.2, 0.25) is 0 Å². The number of likely N-dealkylation sites (tertiary alicyclic amines) is 1. The van der Waals surface area contributed by atoms with E-state index in [1.54, 1.807) is 0 Å². The molecule has 0 aliphatic carbocycles. The minimum atomic E-state index is -2.74. The van der Waals surface area contributed by atoms with Gasteiger partial charge in [-0.05, 0) is 32.0 Å². The topological polar surface area (TPSA) is 162 Å². The van der Waals surface area contributed by atoms with E-state index in [-0.39, 0.29) is 12.1 Å². The molecule has 10 nitrogen and oxygen atoms in total. The molecule has 0 spiro atoms. The van der Waals surface area contributed by atoms with E-state index < -0.39 is 36.4 Å². The zero-order chi connectivity index (χ0) is 24.3. The standard InChI is InChI=1S/C16H23NO2.C6H8O7/c1-3-7-14-12-17(2)11-10-15(14)19-16(18)13-8-5-4-6-9-13;7-3(8)1-6(13,5(11)12)2-4(9)10/h4-6,8-9,14-15H,3,7,10-12H2,1-2H3;13H,1-2H2,(H,7,8)(H,9,10)(H,11,12). The van der Waals surface area contributed by atoms with Crippen molar-refractivity contribution >= 4 is 23.9 Å². The summed E-state index contributed by atoms with van der Waals surface area (Å²) in [5.74, 6) is -4.73. The second-order valence-corrected chi connectivity index (χ2v) is 7.89. The third-order valence-corrected chi connectivity index (χ3v) is 5.08. The molecule has 10 heteroatoms. The highest BCUT2D eigenvalue weighted by atomic mass is 16.5. The van der Waals surface area contributed by atoms with Crippen molar-refractivity contribution in [3.05, 3.63) is 35.9 Å². The van der Waals surface area contributed by atoms with Crippen molar-refractivity contribution in [3.63, 3.8) is 0 Å². The SMILES string of the molecule is CCCC1CN(C)CCC1OC(=O)c1ccccc1.O=C(O)CC(O)(CC(=O)O)C(=O)O. The van der Waals surface area contributed by atoms with E-state index in [0.29, 0.717) is 11.5 Å². The van der Waals surface area contributed by atoms with E-state index in [2.05, 4.69) is 18.9 Å². The molecule has 2 atom stereocenters. The van der Waals surface area contributed by atoms with Crippen LogP contribution in [-0.2, 0) is 19.1 Å². The zero-order valence-electron chi connectivity index (χ0n) is 18.3. The summed E-state index contributed by atoms with van der Waals surface area (Å²) in [6.45, 7) is 4.22. The van der Waals surface area contributed by atoms with Gasteiger partial charge in [-0.25, -0.2) is 9.59 Å². The third kappa shape index (κ3) is 9.03. The summed E-state index contributed by atoms with van der Waals surface area (Å²) in [7, 11) is 2.14. The molecule has 1 fully saturated rings. The number of benzene rings is 1. The Morgan fingerprint density at radius 3 is 2.09 bits per heavy atom. The van der Waals surface area contributed by atoms with Gasteiger partial charge in [-0.15, -0.1) is 0 Å². The minimum Gasteiger partial charge on any atom is -0.481 e. The van der Waals surface area contributed by atoms with Crippen LogP contribution in [0.15, 0.2) is 30.3 Å². The first kappa shape index (κ1) is 27.1. The summed E-state index contributed by atoms with van der Waals surface area (Å²) < 4.78 is 5.73. The Morgan fingerprint density at radius 2 is 1.62 bits per heavy atom. The first-order chi connectivity index (χ1) is 15.0. The molecule has 1 aliphatic rings. The first-order valence-electron chi connectivity index (χ1n) is 10.3. The fourth-order valence-electron chi connectivity index (χ4n) is 3.49. The maximum absolute atomic E-state index is 12.1. The number of aliphatic carboxylic acids is 3. The Bertz CT molecular complexity index is 765. The highest BCUT2D eigenvalue weighted by Gasteiger charge is 2.40. The van der Waals surface area contributed by atoms with E-state index in [1.807, 2.05) is 30.3 Å². The average Bonchev–Trinajstić information content (AvgIpc) is 2.70. The Hall–Kier alpha value is -2.98. The molecule has 178 valence electrons. The number of esters is 1. The predicted molar refractivity (Wildman–Crippen MR) is 113 cm³/mol. The fraction of sp³-hybridized carbons (Fsp3) is 0.545. The number of carbonyl (C=O) groups excluding carboxylic acids is 1. The number of hydrogen-bond donors (Lipinski definition) is 4. The van der Waals surface area contributed by atoms with Crippen LogP contribution in [0.25, 0.3) is 0 Å². The van der Waals surface area contributed by atoms with Crippen molar-refractivity contribution in [3.8, 4) is 0 Å². The third-order valence-electron chi connectivity index (χ3n) is 5.08. The summed E-state index contributed by atoms with van der Waals surface area (Å²) in [4.78, 5) is 44.9. The molecule has 1 aliphatic heterocycles. The van der Waals surface area contributed by atoms with Crippen LogP contribution >= 0.6 is 0 Å². The molecular weight excluding hydrogens is 422 g/mol. The lowest BCUT2D eigenvalue weighted by Gasteiger charge is -2.36. The maximum Gasteiger partial charge on any atom is 0.338 e. The van der Waals surface area contributed by atoms with Crippen LogP contribution in [0, 0.1) is 5.92 Å². The molecule has 1 aromatic carbocycles. The van der Waals surface area contributed by atoms with E-state index >= 15 is 0 Å². The molecule has 0 radical (unpaired) electrons. The molecule has 0 amide bonds. The van der Waals surface area contributed by atoms with Gasteiger partial charge >= 0.3 is 23.9 Å². The van der Waals surface area contributed by atoms with E-state index in [9.17, 15) is 19.2 Å². The normalized spacial score (nSPS) is 18.7. The quantitative estimate of drug-likeness (QED) is 0.405. The lowest BCUT2D eigenvalue weighted by atomic mass is 9.91. The lowest BCUT2D eigenvalue weighted by molar-refractivity contribution is -0.170. The first-order valence-corrected chi connectivity index (χ1v) is 10.3. The maximum atomic E-state index is 12.1. The van der Waals surface area contributed by atoms with Crippen LogP contribution < -0.4 is 0 Å². The van der Waals surface area contributed by atoms with Crippen molar-refractivity contribution in [2.24, 2.45) is 5.92 Å². The molecule has 0 bridgehead atoms. The smallest absolute Gasteiger partial charge is 0.338 e. The van der Waals surface area contributed by atoms with Gasteiger partial charge in [0, 0.05) is 19.0 Å². The number of nitrogens with zero attached hydrogens (tertiary/aromatic N) is 1. The molecule has 1 heterocycles. The molecule has 2 unspecified atom stereocenters. The summed E-state index contributed by atoms with van der Waals surface area (Å²) in [6, 6.07) is 9.27. The largest absolute Gasteiger partial charge is 0.481 e. The number of aliphatic hydroxyl groups is 1. The summed E-state index contributed by atoms with van der Waals surface area (Å²) in [5, 5.41) is 33.8. The van der Waals surface area contributed by atoms with Gasteiger partial charge in [0.1, 0.15) is 6.10 Å². The zero-order valence-corrected chi connectivity index (χ0v) is 18.3. The molecule has 0 aromatic heterocycles. The average molecular weight is 453 g/mol. The number of rotatable bonds is 9. The Morgan fingerprint density at radius 1 is 1.06 bits per heavy atom. The number of piperidine rings is 1. The number of carboxylic acids is 3. The summed E-state index contributed by atoms with van der Waals surface area (Å²) in [5.41, 5.74) is -2.09. The van der Waals surface area contributed by atoms with Crippen LogP contribution in [-0.4, -0.2) is 81.0 Å². The van der Waals surface area contributed by atoms with Crippen molar-refractivity contribution in [2.75, 3.05) is 20.1 Å². The van der Waals surface area contributed by atoms with E-state index in [1.165, 1.54) is 0 Å². The van der Waals surface area contributed by atoms with Crippen molar-refractivity contribution in [1.29, 1.82) is 0 Å². The number of ether oxygens (including phenoxy) is 1. The minimum absolute atomic E-state index is 0.0730. The second-order valence-electron chi connectivity index (χ2n) is 7.89. The van der Waals surface area contributed by atoms with Crippen LogP contribution in [0.1, 0.15) is 49.4 Å². The van der Waals surface area contributed by atoms with Crippen LogP contribution in [0.4, 0.5) is 0 Å². The van der Waals surface area contributed by atoms with Gasteiger partial charge in [-0.2, -0.15) is 0 Å². The van der Waals surface area contributed by atoms with Crippen molar-refractivity contribution in [1.82, 2.24) is 4.90 Å². The van der Waals surface area contributed by atoms with Gasteiger partial charge in [0.25, 0.3) is 0 Å². The molecule has 32 heavy (non-hydrogen) atoms. The van der Waals surface area contributed by atoms with Crippen LogP contribution in [0.2, 0.25) is 0 Å². The van der Waals surface area contributed by atoms with Crippen LogP contribution in [0.5, 0.6) is 0 Å². The molecule has 4 N–H and O–H groups in total. The molecule has 0 saturated carbocycles.